The number of pyridine rings is 1. The molecule has 10 nitrogen and oxygen atoms in total. The number of rotatable bonds is 8. The van der Waals surface area contributed by atoms with Gasteiger partial charge in [0.05, 0.1) is 18.5 Å². The highest BCUT2D eigenvalue weighted by Gasteiger charge is 2.35. The number of carbonyl (C=O) groups is 2. The first-order valence-electron chi connectivity index (χ1n) is 16.7. The van der Waals surface area contributed by atoms with Gasteiger partial charge in [0, 0.05) is 66.1 Å². The van der Waals surface area contributed by atoms with Crippen molar-refractivity contribution in [1.29, 1.82) is 0 Å². The van der Waals surface area contributed by atoms with E-state index in [9.17, 15) is 14.4 Å². The lowest BCUT2D eigenvalue weighted by Gasteiger charge is -2.44. The van der Waals surface area contributed by atoms with Gasteiger partial charge in [0.2, 0.25) is 5.89 Å². The number of hydrogen-bond donors (Lipinski definition) is 2. The average molecular weight is 666 g/mol. The lowest BCUT2D eigenvalue weighted by molar-refractivity contribution is 0.0949. The Morgan fingerprint density at radius 2 is 1.66 bits per heavy atom. The molecule has 4 aromatic carbocycles. The highest BCUT2D eigenvalue weighted by molar-refractivity contribution is 6.08. The van der Waals surface area contributed by atoms with Crippen LogP contribution in [0.5, 0.6) is 5.75 Å². The number of para-hydroxylation sites is 1. The normalized spacial score (nSPS) is 16.5. The molecule has 250 valence electrons. The fraction of sp³-hybridized carbons (Fsp3) is 0.200. The number of nitrogens with one attached hydrogen (secondary N) is 2. The van der Waals surface area contributed by atoms with Crippen molar-refractivity contribution in [3.8, 4) is 17.2 Å². The molecule has 0 radical (unpaired) electrons. The van der Waals surface area contributed by atoms with Gasteiger partial charge in [-0.1, -0.05) is 42.5 Å². The lowest BCUT2D eigenvalue weighted by Crippen LogP contribution is -2.47. The Hall–Kier alpha value is -6.16. The quantitative estimate of drug-likeness (QED) is 0.191. The molecule has 0 spiro atoms. The topological polar surface area (TPSA) is 119 Å². The zero-order chi connectivity index (χ0) is 34.2. The van der Waals surface area contributed by atoms with Crippen LogP contribution in [0.15, 0.2) is 118 Å². The van der Waals surface area contributed by atoms with Crippen molar-refractivity contribution in [2.45, 2.75) is 25.4 Å². The van der Waals surface area contributed by atoms with Crippen LogP contribution < -0.4 is 25.8 Å². The predicted octanol–water partition coefficient (Wildman–Crippen LogP) is 6.47. The van der Waals surface area contributed by atoms with Gasteiger partial charge in [-0.2, -0.15) is 0 Å². The molecule has 2 bridgehead atoms. The minimum Gasteiger partial charge on any atom is -0.496 e. The van der Waals surface area contributed by atoms with E-state index < -0.39 is 0 Å². The van der Waals surface area contributed by atoms with E-state index in [0.29, 0.717) is 59.2 Å². The Bertz CT molecular complexity index is 2300. The molecule has 2 aliphatic rings. The van der Waals surface area contributed by atoms with Crippen molar-refractivity contribution in [1.82, 2.24) is 14.9 Å². The monoisotopic (exact) mass is 665 g/mol. The minimum atomic E-state index is -0.335. The standard InChI is InChI=1S/C40H35N5O5/c1-49-35-12-6-5-10-29(35)21-41-38(47)27-14-16-34(44-22-25-18-30(24-44)33-11-7-13-37(46)45(33)23-25)31(19-27)42-39(48)28-15-17-36-32(20-28)43-40(50-36)26-8-3-2-4-9-26/h2-17,19-20,25,30H,18,21-24H2,1H3,(H,41,47)(H,42,48). The Kier molecular flexibility index (Phi) is 8.12. The smallest absolute Gasteiger partial charge is 0.255 e. The van der Waals surface area contributed by atoms with E-state index in [2.05, 4.69) is 20.5 Å². The Morgan fingerprint density at radius 1 is 0.860 bits per heavy atom. The van der Waals surface area contributed by atoms with Crippen LogP contribution in [-0.4, -0.2) is 41.6 Å². The molecule has 50 heavy (non-hydrogen) atoms. The third-order valence-corrected chi connectivity index (χ3v) is 9.63. The van der Waals surface area contributed by atoms with Gasteiger partial charge in [-0.25, -0.2) is 4.98 Å². The average Bonchev–Trinajstić information content (AvgIpc) is 3.58. The highest BCUT2D eigenvalue weighted by atomic mass is 16.5. The number of amides is 2. The number of methoxy groups -OCH3 is 1. The first-order valence-corrected chi connectivity index (χ1v) is 16.7. The van der Waals surface area contributed by atoms with E-state index in [-0.39, 0.29) is 35.8 Å². The maximum atomic E-state index is 13.9. The number of oxazole rings is 1. The van der Waals surface area contributed by atoms with Crippen LogP contribution in [-0.2, 0) is 13.1 Å². The predicted molar refractivity (Wildman–Crippen MR) is 192 cm³/mol. The summed E-state index contributed by atoms with van der Waals surface area (Å²) in [6.45, 7) is 2.32. The van der Waals surface area contributed by atoms with E-state index in [1.807, 2.05) is 77.4 Å². The second-order valence-electron chi connectivity index (χ2n) is 12.9. The molecule has 8 rings (SSSR count). The fourth-order valence-corrected chi connectivity index (χ4v) is 7.24. The van der Waals surface area contributed by atoms with E-state index in [4.69, 9.17) is 9.15 Å². The van der Waals surface area contributed by atoms with Crippen LogP contribution in [0.1, 0.15) is 44.3 Å². The van der Waals surface area contributed by atoms with Crippen molar-refractivity contribution in [2.24, 2.45) is 5.92 Å². The van der Waals surface area contributed by atoms with Gasteiger partial charge in [0.25, 0.3) is 17.4 Å². The van der Waals surface area contributed by atoms with Crippen LogP contribution in [0.3, 0.4) is 0 Å². The fourth-order valence-electron chi connectivity index (χ4n) is 7.24. The molecule has 0 aliphatic carbocycles. The molecule has 2 N–H and O–H groups in total. The Labute approximate surface area is 288 Å². The number of aromatic nitrogens is 2. The number of fused-ring (bicyclic) bond motifs is 5. The summed E-state index contributed by atoms with van der Waals surface area (Å²) in [4.78, 5) is 46.9. The molecule has 2 aromatic heterocycles. The highest BCUT2D eigenvalue weighted by Crippen LogP contribution is 2.39. The Morgan fingerprint density at radius 3 is 2.52 bits per heavy atom. The molecule has 2 aliphatic heterocycles. The SMILES string of the molecule is COc1ccccc1CNC(=O)c1ccc(N2CC3CC(C2)c2cccc(=O)n2C3)c(NC(=O)c2ccc3oc(-c4ccccc4)nc3c2)c1. The van der Waals surface area contributed by atoms with E-state index in [1.165, 1.54) is 0 Å². The van der Waals surface area contributed by atoms with Crippen LogP contribution in [0.4, 0.5) is 11.4 Å². The number of piperidine rings is 1. The number of nitrogens with zero attached hydrogens (tertiary/aromatic N) is 3. The third-order valence-electron chi connectivity index (χ3n) is 9.63. The van der Waals surface area contributed by atoms with Crippen LogP contribution in [0, 0.1) is 5.92 Å². The number of hydrogen-bond acceptors (Lipinski definition) is 7. The van der Waals surface area contributed by atoms with Gasteiger partial charge < -0.3 is 29.3 Å². The third kappa shape index (κ3) is 6.00. The lowest BCUT2D eigenvalue weighted by atomic mass is 9.83. The van der Waals surface area contributed by atoms with Crippen molar-refractivity contribution in [3.05, 3.63) is 142 Å². The molecule has 1 saturated heterocycles. The van der Waals surface area contributed by atoms with Gasteiger partial charge >= 0.3 is 0 Å². The summed E-state index contributed by atoms with van der Waals surface area (Å²) in [7, 11) is 1.60. The molecule has 2 unspecified atom stereocenters. The number of ether oxygens (including phenoxy) is 1. The van der Waals surface area contributed by atoms with Gasteiger partial charge in [0.1, 0.15) is 11.3 Å². The molecule has 2 amide bonds. The summed E-state index contributed by atoms with van der Waals surface area (Å²) < 4.78 is 13.3. The van der Waals surface area contributed by atoms with Crippen molar-refractivity contribution in [2.75, 3.05) is 30.4 Å². The summed E-state index contributed by atoms with van der Waals surface area (Å²) in [6.07, 6.45) is 0.994. The van der Waals surface area contributed by atoms with Crippen molar-refractivity contribution >= 4 is 34.3 Å². The molecular weight excluding hydrogens is 630 g/mol. The summed E-state index contributed by atoms with van der Waals surface area (Å²) in [5.74, 6) is 0.985. The largest absolute Gasteiger partial charge is 0.496 e. The minimum absolute atomic E-state index is 0.0297. The maximum Gasteiger partial charge on any atom is 0.255 e. The van der Waals surface area contributed by atoms with Crippen LogP contribution >= 0.6 is 0 Å². The number of benzene rings is 4. The zero-order valence-corrected chi connectivity index (χ0v) is 27.5. The molecular formula is C40H35N5O5. The maximum absolute atomic E-state index is 13.9. The van der Waals surface area contributed by atoms with Gasteiger partial charge in [-0.15, -0.1) is 0 Å². The van der Waals surface area contributed by atoms with Gasteiger partial charge in [-0.3, -0.25) is 14.4 Å². The summed E-state index contributed by atoms with van der Waals surface area (Å²) >= 11 is 0. The number of carbonyl (C=O) groups excluding carboxylic acids is 2. The number of anilines is 2. The first kappa shape index (κ1) is 31.1. The van der Waals surface area contributed by atoms with Crippen LogP contribution in [0.2, 0.25) is 0 Å². The van der Waals surface area contributed by atoms with Crippen LogP contribution in [0.25, 0.3) is 22.6 Å². The zero-order valence-electron chi connectivity index (χ0n) is 27.5. The summed E-state index contributed by atoms with van der Waals surface area (Å²) in [5, 5.41) is 6.10. The van der Waals surface area contributed by atoms with Crippen molar-refractivity contribution < 1.29 is 18.7 Å². The van der Waals surface area contributed by atoms with E-state index in [0.717, 1.165) is 28.9 Å². The molecule has 0 saturated carbocycles. The molecule has 10 heteroatoms. The van der Waals surface area contributed by atoms with Crippen molar-refractivity contribution in [3.63, 3.8) is 0 Å². The summed E-state index contributed by atoms with van der Waals surface area (Å²) in [5.41, 5.74) is 6.07. The molecule has 1 fully saturated rings. The van der Waals surface area contributed by atoms with Gasteiger partial charge in [-0.05, 0) is 73.0 Å². The second-order valence-corrected chi connectivity index (χ2v) is 12.9. The van der Waals surface area contributed by atoms with E-state index in [1.54, 1.807) is 43.5 Å². The first-order chi connectivity index (χ1) is 24.4. The molecule has 6 aromatic rings. The Balaban J connectivity index is 1.10. The van der Waals surface area contributed by atoms with Gasteiger partial charge in [0.15, 0.2) is 5.58 Å². The van der Waals surface area contributed by atoms with E-state index >= 15 is 0 Å². The summed E-state index contributed by atoms with van der Waals surface area (Å²) in [6, 6.07) is 33.2. The second kappa shape index (κ2) is 13.0. The molecule has 2 atom stereocenters. The molecule has 4 heterocycles.